The maximum absolute atomic E-state index is 14.3. The van der Waals surface area contributed by atoms with Crippen LogP contribution in [0.1, 0.15) is 44.5 Å². The van der Waals surface area contributed by atoms with Crippen LogP contribution in [-0.2, 0) is 10.7 Å². The molecule has 0 saturated carbocycles. The topological polar surface area (TPSA) is 65.7 Å². The van der Waals surface area contributed by atoms with Gasteiger partial charge in [-0.05, 0) is 31.0 Å². The molecular formula is C20H15Cl2FO5. The molecule has 0 bridgehead atoms. The largest absolute Gasteiger partial charge is 0.496 e. The molecule has 2 aromatic carbocycles. The fourth-order valence-electron chi connectivity index (χ4n) is 3.29. The Hall–Kier alpha value is -2.57. The van der Waals surface area contributed by atoms with Crippen molar-refractivity contribution in [2.45, 2.75) is 20.3 Å². The summed E-state index contributed by atoms with van der Waals surface area (Å²) in [6.07, 6.45) is 0.345. The lowest BCUT2D eigenvalue weighted by molar-refractivity contribution is 0.0720. The number of rotatable bonds is 5. The van der Waals surface area contributed by atoms with Gasteiger partial charge in [0.15, 0.2) is 5.78 Å². The van der Waals surface area contributed by atoms with Crippen LogP contribution in [0.4, 0.5) is 4.39 Å². The Balaban J connectivity index is 2.43. The second kappa shape index (κ2) is 7.81. The first-order valence-corrected chi connectivity index (χ1v) is 8.99. The molecule has 0 unspecified atom stereocenters. The van der Waals surface area contributed by atoms with Crippen LogP contribution < -0.4 is 4.74 Å². The van der Waals surface area contributed by atoms with Crippen molar-refractivity contribution in [2.75, 3.05) is 7.11 Å². The van der Waals surface area contributed by atoms with E-state index in [4.69, 9.17) is 32.6 Å². The molecule has 28 heavy (non-hydrogen) atoms. The minimum Gasteiger partial charge on any atom is -0.496 e. The molecule has 3 aromatic rings. The van der Waals surface area contributed by atoms with Crippen LogP contribution in [0.25, 0.3) is 11.0 Å². The molecule has 0 spiro atoms. The van der Waals surface area contributed by atoms with Gasteiger partial charge >= 0.3 is 5.97 Å². The summed E-state index contributed by atoms with van der Waals surface area (Å²) in [5.41, 5.74) is 1.22. The minimum atomic E-state index is -0.967. The molecule has 0 amide bonds. The van der Waals surface area contributed by atoms with E-state index in [1.54, 1.807) is 19.9 Å². The molecule has 0 aliphatic heterocycles. The first kappa shape index (κ1) is 20.2. The molecule has 3 rings (SSSR count). The van der Waals surface area contributed by atoms with E-state index in [-0.39, 0.29) is 33.2 Å². The van der Waals surface area contributed by atoms with Gasteiger partial charge in [-0.25, -0.2) is 9.18 Å². The zero-order chi connectivity index (χ0) is 20.6. The number of hydrogen-bond donors (Lipinski definition) is 0. The zero-order valence-corrected chi connectivity index (χ0v) is 16.7. The monoisotopic (exact) mass is 424 g/mol. The van der Waals surface area contributed by atoms with E-state index in [2.05, 4.69) is 4.29 Å². The number of halogens is 3. The van der Waals surface area contributed by atoms with Crippen molar-refractivity contribution in [3.8, 4) is 5.75 Å². The van der Waals surface area contributed by atoms with Crippen LogP contribution in [0.15, 0.2) is 28.7 Å². The summed E-state index contributed by atoms with van der Waals surface area (Å²) >= 11 is 11.5. The fourth-order valence-corrected chi connectivity index (χ4v) is 3.68. The lowest BCUT2D eigenvalue weighted by Gasteiger charge is -2.16. The quantitative estimate of drug-likeness (QED) is 0.495. The lowest BCUT2D eigenvalue weighted by atomic mass is 9.91. The summed E-state index contributed by atoms with van der Waals surface area (Å²) in [5.74, 6) is -2.25. The van der Waals surface area contributed by atoms with E-state index < -0.39 is 17.6 Å². The zero-order valence-electron chi connectivity index (χ0n) is 15.2. The van der Waals surface area contributed by atoms with Crippen molar-refractivity contribution in [3.05, 3.63) is 63.1 Å². The molecule has 1 heterocycles. The van der Waals surface area contributed by atoms with Gasteiger partial charge in [-0.2, -0.15) is 0 Å². The highest BCUT2D eigenvalue weighted by atomic mass is 35.5. The highest BCUT2D eigenvalue weighted by molar-refractivity contribution is 6.39. The van der Waals surface area contributed by atoms with Crippen LogP contribution in [0.5, 0.6) is 5.75 Å². The van der Waals surface area contributed by atoms with Crippen molar-refractivity contribution in [2.24, 2.45) is 0 Å². The Labute approximate surface area is 170 Å². The van der Waals surface area contributed by atoms with Gasteiger partial charge in [0.25, 0.3) is 0 Å². The van der Waals surface area contributed by atoms with Gasteiger partial charge in [-0.3, -0.25) is 4.79 Å². The van der Waals surface area contributed by atoms with Gasteiger partial charge in [-0.15, -0.1) is 0 Å². The summed E-state index contributed by atoms with van der Waals surface area (Å²) in [5, 5.41) is 0.324. The second-order valence-corrected chi connectivity index (χ2v) is 6.52. The molecule has 146 valence electrons. The molecule has 0 aliphatic rings. The Bertz CT molecular complexity index is 1100. The van der Waals surface area contributed by atoms with Crippen molar-refractivity contribution in [1.29, 1.82) is 0 Å². The van der Waals surface area contributed by atoms with Crippen LogP contribution in [-0.4, -0.2) is 18.9 Å². The highest BCUT2D eigenvalue weighted by Gasteiger charge is 2.31. The summed E-state index contributed by atoms with van der Waals surface area (Å²) in [6.45, 7) is 3.44. The third-order valence-corrected chi connectivity index (χ3v) is 5.02. The third kappa shape index (κ3) is 3.02. The summed E-state index contributed by atoms with van der Waals surface area (Å²) in [4.78, 5) is 25.1. The van der Waals surface area contributed by atoms with E-state index in [9.17, 15) is 14.0 Å². The van der Waals surface area contributed by atoms with Crippen molar-refractivity contribution < 1.29 is 27.4 Å². The number of carbonyl (C=O) groups excluding carboxylic acids is 2. The number of methoxy groups -OCH3 is 1. The normalized spacial score (nSPS) is 10.9. The van der Waals surface area contributed by atoms with Crippen LogP contribution in [0.3, 0.4) is 0 Å². The average molecular weight is 425 g/mol. The fraction of sp³-hybridized carbons (Fsp3) is 0.200. The molecule has 0 aliphatic carbocycles. The summed E-state index contributed by atoms with van der Waals surface area (Å²) < 4.78 is 29.5. The SMILES string of the molecule is CCc1c(C(=O)c2ccccc2F)c(OC)c(C)c2oc(C(=O)OCl)c(Cl)c12. The summed E-state index contributed by atoms with van der Waals surface area (Å²) in [6, 6.07) is 5.66. The van der Waals surface area contributed by atoms with E-state index in [1.165, 1.54) is 25.3 Å². The first-order chi connectivity index (χ1) is 13.4. The summed E-state index contributed by atoms with van der Waals surface area (Å²) in [7, 11) is 1.39. The van der Waals surface area contributed by atoms with Crippen molar-refractivity contribution >= 4 is 46.2 Å². The molecular weight excluding hydrogens is 410 g/mol. The third-order valence-electron chi connectivity index (χ3n) is 4.52. The molecule has 0 radical (unpaired) electrons. The molecule has 0 fully saturated rings. The van der Waals surface area contributed by atoms with Crippen molar-refractivity contribution in [3.63, 3.8) is 0 Å². The first-order valence-electron chi connectivity index (χ1n) is 8.30. The molecule has 0 N–H and O–H groups in total. The van der Waals surface area contributed by atoms with E-state index in [0.717, 1.165) is 0 Å². The predicted octanol–water partition coefficient (Wildman–Crippen LogP) is 5.65. The smallest absolute Gasteiger partial charge is 0.393 e. The maximum Gasteiger partial charge on any atom is 0.393 e. The number of hydrogen-bond acceptors (Lipinski definition) is 5. The van der Waals surface area contributed by atoms with E-state index in [1.807, 2.05) is 0 Å². The van der Waals surface area contributed by atoms with Crippen LogP contribution in [0, 0.1) is 12.7 Å². The van der Waals surface area contributed by atoms with Crippen LogP contribution >= 0.6 is 23.5 Å². The number of carbonyl (C=O) groups is 2. The molecule has 0 saturated heterocycles. The minimum absolute atomic E-state index is 0.0363. The van der Waals surface area contributed by atoms with Gasteiger partial charge in [-0.1, -0.05) is 30.7 Å². The number of benzene rings is 2. The Morgan fingerprint density at radius 3 is 2.50 bits per heavy atom. The van der Waals surface area contributed by atoms with E-state index in [0.29, 0.717) is 22.9 Å². The van der Waals surface area contributed by atoms with Gasteiger partial charge < -0.3 is 13.4 Å². The molecule has 8 heteroatoms. The molecule has 1 aromatic heterocycles. The van der Waals surface area contributed by atoms with Gasteiger partial charge in [0, 0.05) is 10.9 Å². The highest BCUT2D eigenvalue weighted by Crippen LogP contribution is 2.43. The van der Waals surface area contributed by atoms with Crippen LogP contribution in [0.2, 0.25) is 5.02 Å². The lowest BCUT2D eigenvalue weighted by Crippen LogP contribution is -2.11. The van der Waals surface area contributed by atoms with Gasteiger partial charge in [0.05, 0.1) is 18.2 Å². The van der Waals surface area contributed by atoms with E-state index >= 15 is 0 Å². The average Bonchev–Trinajstić information content (AvgIpc) is 3.05. The molecule has 5 nitrogen and oxygen atoms in total. The van der Waals surface area contributed by atoms with Gasteiger partial charge in [0.1, 0.15) is 34.0 Å². The number of fused-ring (bicyclic) bond motifs is 1. The maximum atomic E-state index is 14.3. The predicted molar refractivity (Wildman–Crippen MR) is 103 cm³/mol. The Morgan fingerprint density at radius 2 is 1.93 bits per heavy atom. The molecule has 0 atom stereocenters. The van der Waals surface area contributed by atoms with Crippen molar-refractivity contribution in [1.82, 2.24) is 0 Å². The number of ether oxygens (including phenoxy) is 1. The Morgan fingerprint density at radius 1 is 1.25 bits per heavy atom. The number of ketones is 1. The second-order valence-electron chi connectivity index (χ2n) is 5.99. The standard InChI is InChI=1S/C20H15Cl2FO5/c1-4-10-13-15(21)19(20(25)28-22)27-18(13)9(2)17(26-3)14(10)16(24)11-7-5-6-8-12(11)23/h5-8H,4H2,1-3H3. The number of aryl methyl sites for hydroxylation is 2. The Kier molecular flexibility index (Phi) is 5.63. The number of furan rings is 1. The van der Waals surface area contributed by atoms with Gasteiger partial charge in [0.2, 0.25) is 5.76 Å².